The van der Waals surface area contributed by atoms with Gasteiger partial charge in [-0.25, -0.2) is 17.5 Å². The summed E-state index contributed by atoms with van der Waals surface area (Å²) in [6.45, 7) is 4.15. The fraction of sp³-hybridized carbons (Fsp3) is 0.409. The summed E-state index contributed by atoms with van der Waals surface area (Å²) >= 11 is 0. The second-order valence-electron chi connectivity index (χ2n) is 7.79. The molecule has 0 bridgehead atoms. The van der Waals surface area contributed by atoms with Gasteiger partial charge in [-0.15, -0.1) is 0 Å². The number of nitrogens with one attached hydrogen (secondary N) is 2. The van der Waals surface area contributed by atoms with E-state index in [1.54, 1.807) is 24.3 Å². The van der Waals surface area contributed by atoms with Gasteiger partial charge >= 0.3 is 0 Å². The number of sulfonamides is 1. The van der Waals surface area contributed by atoms with Crippen LogP contribution >= 0.6 is 0 Å². The molecule has 30 heavy (non-hydrogen) atoms. The van der Waals surface area contributed by atoms with Gasteiger partial charge in [0.05, 0.1) is 23.3 Å². The number of anilines is 1. The van der Waals surface area contributed by atoms with Gasteiger partial charge in [-0.1, -0.05) is 38.8 Å². The predicted molar refractivity (Wildman–Crippen MR) is 114 cm³/mol. The van der Waals surface area contributed by atoms with Crippen LogP contribution in [0.2, 0.25) is 0 Å². The van der Waals surface area contributed by atoms with E-state index in [9.17, 15) is 17.6 Å². The first-order chi connectivity index (χ1) is 14.2. The molecule has 1 fully saturated rings. The number of para-hydroxylation sites is 2. The molecule has 3 rings (SSSR count). The van der Waals surface area contributed by atoms with Gasteiger partial charge < -0.3 is 10.1 Å². The van der Waals surface area contributed by atoms with E-state index < -0.39 is 21.7 Å². The standard InChI is InChI=1S/C22H27FN2O4S/c1-14-7-6-9-19(15(14)2)25-30(27,28)16-11-12-18(23)17(13-16)22(26)24-20-8-4-5-10-21(20)29-3/h4-5,8,10-15,19,25H,6-7,9H2,1-3H3,(H,24,26)/t14-,15+,19-/m1/s1. The molecule has 0 spiro atoms. The van der Waals surface area contributed by atoms with Crippen molar-refractivity contribution < 1.29 is 22.3 Å². The first-order valence-corrected chi connectivity index (χ1v) is 11.5. The van der Waals surface area contributed by atoms with Crippen LogP contribution in [0, 0.1) is 17.7 Å². The highest BCUT2D eigenvalue weighted by atomic mass is 32.2. The van der Waals surface area contributed by atoms with Gasteiger partial charge in [0, 0.05) is 6.04 Å². The van der Waals surface area contributed by atoms with Gasteiger partial charge in [-0.3, -0.25) is 4.79 Å². The lowest BCUT2D eigenvalue weighted by Crippen LogP contribution is -2.43. The zero-order chi connectivity index (χ0) is 21.9. The maximum atomic E-state index is 14.4. The van der Waals surface area contributed by atoms with E-state index in [4.69, 9.17) is 4.74 Å². The largest absolute Gasteiger partial charge is 0.495 e. The van der Waals surface area contributed by atoms with Gasteiger partial charge in [0.2, 0.25) is 10.0 Å². The van der Waals surface area contributed by atoms with Crippen molar-refractivity contribution in [1.29, 1.82) is 0 Å². The molecule has 2 aromatic carbocycles. The van der Waals surface area contributed by atoms with Crippen LogP contribution in [0.4, 0.5) is 10.1 Å². The Morgan fingerprint density at radius 1 is 1.13 bits per heavy atom. The van der Waals surface area contributed by atoms with E-state index in [1.165, 1.54) is 13.2 Å². The Hall–Kier alpha value is -2.45. The van der Waals surface area contributed by atoms with Crippen LogP contribution in [0.5, 0.6) is 5.75 Å². The van der Waals surface area contributed by atoms with E-state index in [2.05, 4.69) is 17.0 Å². The van der Waals surface area contributed by atoms with Crippen molar-refractivity contribution in [3.05, 3.63) is 53.8 Å². The molecular weight excluding hydrogens is 407 g/mol. The van der Waals surface area contributed by atoms with E-state index in [-0.39, 0.29) is 22.4 Å². The maximum absolute atomic E-state index is 14.4. The molecule has 6 nitrogen and oxygen atoms in total. The summed E-state index contributed by atoms with van der Waals surface area (Å²) in [5, 5.41) is 2.57. The van der Waals surface area contributed by atoms with Gasteiger partial charge in [0.25, 0.3) is 5.91 Å². The number of ether oxygens (including phenoxy) is 1. The number of rotatable bonds is 6. The van der Waals surface area contributed by atoms with Crippen LogP contribution in [0.25, 0.3) is 0 Å². The van der Waals surface area contributed by atoms with Crippen molar-refractivity contribution in [2.24, 2.45) is 11.8 Å². The van der Waals surface area contributed by atoms with Crippen LogP contribution in [0.1, 0.15) is 43.5 Å². The lowest BCUT2D eigenvalue weighted by molar-refractivity contribution is 0.102. The summed E-state index contributed by atoms with van der Waals surface area (Å²) in [6, 6.07) is 9.76. The fourth-order valence-corrected chi connectivity index (χ4v) is 5.19. The molecule has 0 radical (unpaired) electrons. The smallest absolute Gasteiger partial charge is 0.258 e. The highest BCUT2D eigenvalue weighted by Crippen LogP contribution is 2.31. The molecule has 3 atom stereocenters. The maximum Gasteiger partial charge on any atom is 0.258 e. The summed E-state index contributed by atoms with van der Waals surface area (Å²) in [6.07, 6.45) is 2.78. The van der Waals surface area contributed by atoms with Crippen LogP contribution in [0.3, 0.4) is 0 Å². The van der Waals surface area contributed by atoms with Crippen molar-refractivity contribution in [3.63, 3.8) is 0 Å². The minimum absolute atomic E-state index is 0.139. The number of amides is 1. The highest BCUT2D eigenvalue weighted by Gasteiger charge is 2.31. The number of methoxy groups -OCH3 is 1. The Kier molecular flexibility index (Phi) is 6.77. The van der Waals surface area contributed by atoms with E-state index in [1.807, 2.05) is 6.92 Å². The minimum Gasteiger partial charge on any atom is -0.495 e. The topological polar surface area (TPSA) is 84.5 Å². The average molecular weight is 435 g/mol. The monoisotopic (exact) mass is 434 g/mol. The molecule has 0 aromatic heterocycles. The molecule has 0 unspecified atom stereocenters. The molecule has 0 aliphatic heterocycles. The molecule has 1 aliphatic carbocycles. The minimum atomic E-state index is -3.90. The fourth-order valence-electron chi connectivity index (χ4n) is 3.80. The Labute approximate surface area is 176 Å². The van der Waals surface area contributed by atoms with Gasteiger partial charge in [0.1, 0.15) is 11.6 Å². The highest BCUT2D eigenvalue weighted by molar-refractivity contribution is 7.89. The molecule has 1 saturated carbocycles. The number of benzene rings is 2. The van der Waals surface area contributed by atoms with E-state index in [0.29, 0.717) is 17.4 Å². The summed E-state index contributed by atoms with van der Waals surface area (Å²) in [7, 11) is -2.44. The number of carbonyl (C=O) groups is 1. The zero-order valence-corrected chi connectivity index (χ0v) is 18.1. The van der Waals surface area contributed by atoms with Gasteiger partial charge in [-0.05, 0) is 48.6 Å². The first-order valence-electron chi connectivity index (χ1n) is 9.99. The normalized spacial score (nSPS) is 21.8. The lowest BCUT2D eigenvalue weighted by atomic mass is 9.78. The number of carbonyl (C=O) groups excluding carboxylic acids is 1. The molecular formula is C22H27FN2O4S. The third-order valence-corrected chi connectivity index (χ3v) is 7.35. The summed E-state index contributed by atoms with van der Waals surface area (Å²) in [5.41, 5.74) is 0.00893. The molecule has 1 aliphatic rings. The Morgan fingerprint density at radius 3 is 2.60 bits per heavy atom. The third-order valence-electron chi connectivity index (χ3n) is 5.86. The van der Waals surface area contributed by atoms with Crippen molar-refractivity contribution in [3.8, 4) is 5.75 Å². The molecule has 162 valence electrons. The molecule has 0 heterocycles. The van der Waals surface area contributed by atoms with Gasteiger partial charge in [-0.2, -0.15) is 0 Å². The van der Waals surface area contributed by atoms with E-state index >= 15 is 0 Å². The van der Waals surface area contributed by atoms with Crippen LogP contribution in [-0.4, -0.2) is 27.5 Å². The molecule has 2 aromatic rings. The number of hydrogen-bond donors (Lipinski definition) is 2. The average Bonchev–Trinajstić information content (AvgIpc) is 2.71. The van der Waals surface area contributed by atoms with Crippen LogP contribution < -0.4 is 14.8 Å². The van der Waals surface area contributed by atoms with Crippen molar-refractivity contribution in [1.82, 2.24) is 4.72 Å². The molecule has 0 saturated heterocycles. The predicted octanol–water partition coefficient (Wildman–Crippen LogP) is 4.19. The molecule has 8 heteroatoms. The quantitative estimate of drug-likeness (QED) is 0.714. The van der Waals surface area contributed by atoms with Crippen molar-refractivity contribution >= 4 is 21.6 Å². The number of halogens is 1. The van der Waals surface area contributed by atoms with E-state index in [0.717, 1.165) is 31.4 Å². The Morgan fingerprint density at radius 2 is 1.87 bits per heavy atom. The zero-order valence-electron chi connectivity index (χ0n) is 17.3. The van der Waals surface area contributed by atoms with Crippen molar-refractivity contribution in [2.75, 3.05) is 12.4 Å². The Balaban J connectivity index is 1.84. The summed E-state index contributed by atoms with van der Waals surface area (Å²) in [4.78, 5) is 12.5. The number of hydrogen-bond acceptors (Lipinski definition) is 4. The molecule has 2 N–H and O–H groups in total. The Bertz CT molecular complexity index is 1030. The SMILES string of the molecule is COc1ccccc1NC(=O)c1cc(S(=O)(=O)N[C@@H]2CCC[C@@H](C)[C@@H]2C)ccc1F. The van der Waals surface area contributed by atoms with Crippen LogP contribution in [0.15, 0.2) is 47.4 Å². The van der Waals surface area contributed by atoms with Gasteiger partial charge in [0.15, 0.2) is 0 Å². The molecule has 1 amide bonds. The van der Waals surface area contributed by atoms with Crippen molar-refractivity contribution in [2.45, 2.75) is 44.0 Å². The second kappa shape index (κ2) is 9.14. The van der Waals surface area contributed by atoms with Crippen LogP contribution in [-0.2, 0) is 10.0 Å². The summed E-state index contributed by atoms with van der Waals surface area (Å²) < 4.78 is 48.1. The third kappa shape index (κ3) is 4.82. The summed E-state index contributed by atoms with van der Waals surface area (Å²) in [5.74, 6) is -0.532. The first kappa shape index (κ1) is 22.2. The lowest BCUT2D eigenvalue weighted by Gasteiger charge is -2.34. The second-order valence-corrected chi connectivity index (χ2v) is 9.51.